The molecule has 0 saturated carbocycles. The van der Waals surface area contributed by atoms with E-state index < -0.39 is 16.1 Å². The molecule has 1 aromatic rings. The van der Waals surface area contributed by atoms with E-state index in [1.807, 2.05) is 13.8 Å². The highest BCUT2D eigenvalue weighted by molar-refractivity contribution is 7.89. The van der Waals surface area contributed by atoms with Gasteiger partial charge in [-0.1, -0.05) is 6.92 Å². The van der Waals surface area contributed by atoms with Gasteiger partial charge in [-0.2, -0.15) is 4.72 Å². The maximum atomic E-state index is 12.2. The predicted octanol–water partition coefficient (Wildman–Crippen LogP) is 1.31. The maximum Gasteiger partial charge on any atom is 0.241 e. The van der Waals surface area contributed by atoms with E-state index in [0.29, 0.717) is 6.54 Å². The van der Waals surface area contributed by atoms with Crippen LogP contribution in [-0.2, 0) is 14.8 Å². The fraction of sp³-hybridized carbons (Fsp3) is 0.500. The third-order valence-corrected chi connectivity index (χ3v) is 4.38. The topological polar surface area (TPSA) is 87.3 Å². The third-order valence-electron chi connectivity index (χ3n) is 2.82. The lowest BCUT2D eigenvalue weighted by molar-refractivity contribution is -0.122. The summed E-state index contributed by atoms with van der Waals surface area (Å²) >= 11 is 0. The van der Waals surface area contributed by atoms with Gasteiger partial charge in [-0.05, 0) is 44.5 Å². The molecule has 21 heavy (non-hydrogen) atoms. The number of amides is 1. The van der Waals surface area contributed by atoms with Crippen LogP contribution in [0.15, 0.2) is 29.2 Å². The van der Waals surface area contributed by atoms with Gasteiger partial charge in [0.15, 0.2) is 0 Å². The molecule has 0 heterocycles. The molecule has 0 aliphatic rings. The second-order valence-corrected chi connectivity index (χ2v) is 6.40. The molecule has 3 N–H and O–H groups in total. The molecular formula is C14H23N3O3S. The first-order valence-corrected chi connectivity index (χ1v) is 8.53. The number of hydrogen-bond acceptors (Lipinski definition) is 4. The lowest BCUT2D eigenvalue weighted by atomic mass is 10.3. The quantitative estimate of drug-likeness (QED) is 0.675. The molecule has 0 saturated heterocycles. The van der Waals surface area contributed by atoms with E-state index in [1.165, 1.54) is 19.1 Å². The summed E-state index contributed by atoms with van der Waals surface area (Å²) in [6.45, 7) is 6.71. The Labute approximate surface area is 126 Å². The van der Waals surface area contributed by atoms with Gasteiger partial charge in [0.05, 0.1) is 10.9 Å². The molecule has 0 fully saturated rings. The molecule has 1 aromatic carbocycles. The third kappa shape index (κ3) is 5.35. The average Bonchev–Trinajstić information content (AvgIpc) is 2.45. The van der Waals surface area contributed by atoms with Crippen LogP contribution in [0, 0.1) is 0 Å². The summed E-state index contributed by atoms with van der Waals surface area (Å²) in [5.74, 6) is -0.329. The Kier molecular flexibility index (Phi) is 6.64. The number of carbonyl (C=O) groups is 1. The minimum absolute atomic E-state index is 0.138. The molecule has 0 aliphatic carbocycles. The summed E-state index contributed by atoms with van der Waals surface area (Å²) in [5.41, 5.74) is 0.852. The molecule has 118 valence electrons. The fourth-order valence-electron chi connectivity index (χ4n) is 1.71. The SMILES string of the molecule is CCCNC(=O)C(C)NS(=O)(=O)c1ccc(NCC)cc1. The van der Waals surface area contributed by atoms with Gasteiger partial charge in [-0.15, -0.1) is 0 Å². The molecule has 0 spiro atoms. The maximum absolute atomic E-state index is 12.2. The number of rotatable bonds is 8. The first-order valence-electron chi connectivity index (χ1n) is 7.04. The largest absolute Gasteiger partial charge is 0.385 e. The van der Waals surface area contributed by atoms with Crippen LogP contribution in [0.4, 0.5) is 5.69 Å². The number of anilines is 1. The van der Waals surface area contributed by atoms with Crippen molar-refractivity contribution in [1.82, 2.24) is 10.0 Å². The van der Waals surface area contributed by atoms with Crippen molar-refractivity contribution in [2.75, 3.05) is 18.4 Å². The number of hydrogen-bond donors (Lipinski definition) is 3. The van der Waals surface area contributed by atoms with Gasteiger partial charge in [0.1, 0.15) is 0 Å². The van der Waals surface area contributed by atoms with Gasteiger partial charge < -0.3 is 10.6 Å². The zero-order valence-electron chi connectivity index (χ0n) is 12.6. The summed E-state index contributed by atoms with van der Waals surface area (Å²) in [6, 6.07) is 5.60. The minimum atomic E-state index is -3.70. The van der Waals surface area contributed by atoms with Crippen LogP contribution in [0.25, 0.3) is 0 Å². The van der Waals surface area contributed by atoms with Crippen LogP contribution >= 0.6 is 0 Å². The fourth-order valence-corrected chi connectivity index (χ4v) is 2.91. The van der Waals surface area contributed by atoms with E-state index in [0.717, 1.165) is 18.7 Å². The smallest absolute Gasteiger partial charge is 0.241 e. The van der Waals surface area contributed by atoms with Crippen LogP contribution in [0.2, 0.25) is 0 Å². The van der Waals surface area contributed by atoms with E-state index in [9.17, 15) is 13.2 Å². The highest BCUT2D eigenvalue weighted by Gasteiger charge is 2.21. The second kappa shape index (κ2) is 7.99. The van der Waals surface area contributed by atoms with E-state index in [4.69, 9.17) is 0 Å². The van der Waals surface area contributed by atoms with Crippen molar-refractivity contribution in [2.45, 2.75) is 38.1 Å². The monoisotopic (exact) mass is 313 g/mol. The summed E-state index contributed by atoms with van der Waals surface area (Å²) in [4.78, 5) is 11.8. The molecule has 6 nitrogen and oxygen atoms in total. The van der Waals surface area contributed by atoms with Crippen LogP contribution in [0.3, 0.4) is 0 Å². The van der Waals surface area contributed by atoms with Crippen LogP contribution in [0.1, 0.15) is 27.2 Å². The molecular weight excluding hydrogens is 290 g/mol. The molecule has 0 bridgehead atoms. The molecule has 7 heteroatoms. The summed E-state index contributed by atoms with van der Waals surface area (Å²) in [7, 11) is -3.70. The highest BCUT2D eigenvalue weighted by atomic mass is 32.2. The standard InChI is InChI=1S/C14H23N3O3S/c1-4-10-16-14(18)11(3)17-21(19,20)13-8-6-12(7-9-13)15-5-2/h6-9,11,15,17H,4-5,10H2,1-3H3,(H,16,18). The number of sulfonamides is 1. The molecule has 0 aliphatic heterocycles. The highest BCUT2D eigenvalue weighted by Crippen LogP contribution is 2.14. The summed E-state index contributed by atoms with van der Waals surface area (Å²) in [5, 5.41) is 5.75. The molecule has 1 rings (SSSR count). The Hall–Kier alpha value is -1.60. The van der Waals surface area contributed by atoms with Crippen LogP contribution < -0.4 is 15.4 Å². The normalized spacial score (nSPS) is 12.7. The van der Waals surface area contributed by atoms with Gasteiger partial charge in [0.2, 0.25) is 15.9 Å². The Morgan fingerprint density at radius 3 is 2.33 bits per heavy atom. The Morgan fingerprint density at radius 1 is 1.19 bits per heavy atom. The van der Waals surface area contributed by atoms with Crippen LogP contribution in [-0.4, -0.2) is 33.5 Å². The zero-order chi connectivity index (χ0) is 15.9. The van der Waals surface area contributed by atoms with E-state index in [2.05, 4.69) is 15.4 Å². The van der Waals surface area contributed by atoms with Crippen molar-refractivity contribution < 1.29 is 13.2 Å². The average molecular weight is 313 g/mol. The van der Waals surface area contributed by atoms with Gasteiger partial charge in [0.25, 0.3) is 0 Å². The van der Waals surface area contributed by atoms with E-state index in [-0.39, 0.29) is 10.8 Å². The molecule has 1 unspecified atom stereocenters. The number of benzene rings is 1. The first-order chi connectivity index (χ1) is 9.90. The number of nitrogens with one attached hydrogen (secondary N) is 3. The van der Waals surface area contributed by atoms with Crippen molar-refractivity contribution in [2.24, 2.45) is 0 Å². The summed E-state index contributed by atoms with van der Waals surface area (Å²) < 4.78 is 26.7. The molecule has 1 amide bonds. The molecule has 1 atom stereocenters. The predicted molar refractivity (Wildman–Crippen MR) is 83.7 cm³/mol. The van der Waals surface area contributed by atoms with E-state index in [1.54, 1.807) is 12.1 Å². The van der Waals surface area contributed by atoms with Crippen molar-refractivity contribution in [3.8, 4) is 0 Å². The van der Waals surface area contributed by atoms with Crippen molar-refractivity contribution >= 4 is 21.6 Å². The van der Waals surface area contributed by atoms with Crippen molar-refractivity contribution in [3.63, 3.8) is 0 Å². The van der Waals surface area contributed by atoms with Crippen molar-refractivity contribution in [1.29, 1.82) is 0 Å². The Balaban J connectivity index is 2.74. The van der Waals surface area contributed by atoms with Gasteiger partial charge >= 0.3 is 0 Å². The van der Waals surface area contributed by atoms with Crippen molar-refractivity contribution in [3.05, 3.63) is 24.3 Å². The summed E-state index contributed by atoms with van der Waals surface area (Å²) in [6.07, 6.45) is 0.803. The van der Waals surface area contributed by atoms with E-state index >= 15 is 0 Å². The zero-order valence-corrected chi connectivity index (χ0v) is 13.5. The minimum Gasteiger partial charge on any atom is -0.385 e. The Bertz CT molecular complexity index is 555. The lowest BCUT2D eigenvalue weighted by Crippen LogP contribution is -2.44. The van der Waals surface area contributed by atoms with Gasteiger partial charge in [-0.3, -0.25) is 4.79 Å². The van der Waals surface area contributed by atoms with Gasteiger partial charge in [0, 0.05) is 18.8 Å². The molecule has 0 radical (unpaired) electrons. The first kappa shape index (κ1) is 17.5. The van der Waals surface area contributed by atoms with Gasteiger partial charge in [-0.25, -0.2) is 8.42 Å². The van der Waals surface area contributed by atoms with Crippen LogP contribution in [0.5, 0.6) is 0 Å². The Morgan fingerprint density at radius 2 is 1.81 bits per heavy atom. The second-order valence-electron chi connectivity index (χ2n) is 4.69. The molecule has 0 aromatic heterocycles. The number of carbonyl (C=O) groups excluding carboxylic acids is 1. The lowest BCUT2D eigenvalue weighted by Gasteiger charge is -2.14.